The van der Waals surface area contributed by atoms with Crippen molar-refractivity contribution in [1.82, 2.24) is 9.29 Å². The molecule has 30 heavy (non-hydrogen) atoms. The van der Waals surface area contributed by atoms with Gasteiger partial charge in [-0.1, -0.05) is 0 Å². The number of pyridine rings is 1. The first-order valence-corrected chi connectivity index (χ1v) is 10.5. The predicted octanol–water partition coefficient (Wildman–Crippen LogP) is 1.42. The van der Waals surface area contributed by atoms with Gasteiger partial charge in [0.1, 0.15) is 6.20 Å². The average Bonchev–Trinajstić information content (AvgIpc) is 2.75. The summed E-state index contributed by atoms with van der Waals surface area (Å²) in [5.41, 5.74) is 0.358. The number of amides is 1. The average molecular weight is 436 g/mol. The highest BCUT2D eigenvalue weighted by molar-refractivity contribution is 7.89. The molecule has 0 aliphatic carbocycles. The number of carbonyl (C=O) groups excluding carboxylic acids is 1. The SMILES string of the molecule is CC(Oc1cccnc1[N+](=O)[O-])C(=O)Nc1ccc(S(=O)(=O)N2CCOCC2)cc1. The van der Waals surface area contributed by atoms with Crippen molar-refractivity contribution in [3.05, 3.63) is 52.7 Å². The summed E-state index contributed by atoms with van der Waals surface area (Å²) < 4.78 is 37.1. The van der Waals surface area contributed by atoms with E-state index >= 15 is 0 Å². The van der Waals surface area contributed by atoms with Gasteiger partial charge >= 0.3 is 5.82 Å². The van der Waals surface area contributed by atoms with Crippen LogP contribution in [0.5, 0.6) is 5.75 Å². The highest BCUT2D eigenvalue weighted by atomic mass is 32.2. The molecule has 1 saturated heterocycles. The van der Waals surface area contributed by atoms with E-state index in [1.165, 1.54) is 53.8 Å². The van der Waals surface area contributed by atoms with Crippen LogP contribution in [-0.2, 0) is 19.6 Å². The Balaban J connectivity index is 1.65. The van der Waals surface area contributed by atoms with Crippen LogP contribution >= 0.6 is 0 Å². The molecule has 1 unspecified atom stereocenters. The van der Waals surface area contributed by atoms with Gasteiger partial charge in [0.2, 0.25) is 15.8 Å². The van der Waals surface area contributed by atoms with Gasteiger partial charge in [-0.2, -0.15) is 4.31 Å². The van der Waals surface area contributed by atoms with Gasteiger partial charge in [0, 0.05) is 18.8 Å². The Morgan fingerprint density at radius 1 is 1.27 bits per heavy atom. The van der Waals surface area contributed by atoms with Crippen molar-refractivity contribution >= 4 is 27.4 Å². The lowest BCUT2D eigenvalue weighted by molar-refractivity contribution is -0.390. The molecule has 0 bridgehead atoms. The molecule has 2 aromatic rings. The maximum Gasteiger partial charge on any atom is 0.406 e. The smallest absolute Gasteiger partial charge is 0.406 e. The molecule has 12 heteroatoms. The summed E-state index contributed by atoms with van der Waals surface area (Å²) in [6.07, 6.45) is 0.201. The Hall–Kier alpha value is -3.09. The fourth-order valence-electron chi connectivity index (χ4n) is 2.75. The van der Waals surface area contributed by atoms with E-state index in [1.807, 2.05) is 0 Å². The highest BCUT2D eigenvalue weighted by Gasteiger charge is 2.26. The molecule has 0 spiro atoms. The zero-order valence-electron chi connectivity index (χ0n) is 16.1. The molecule has 1 aromatic carbocycles. The molecular formula is C18H20N4O7S. The fraction of sp³-hybridized carbons (Fsp3) is 0.333. The number of ether oxygens (including phenoxy) is 2. The van der Waals surface area contributed by atoms with Crippen LogP contribution in [-0.4, -0.2) is 60.9 Å². The molecule has 1 N–H and O–H groups in total. The summed E-state index contributed by atoms with van der Waals surface area (Å²) in [6.45, 7) is 2.70. The Morgan fingerprint density at radius 3 is 2.57 bits per heavy atom. The van der Waals surface area contributed by atoms with Crippen LogP contribution in [0, 0.1) is 10.1 Å². The van der Waals surface area contributed by atoms with Crippen LogP contribution in [0.1, 0.15) is 6.92 Å². The summed E-state index contributed by atoms with van der Waals surface area (Å²) in [4.78, 5) is 26.4. The van der Waals surface area contributed by atoms with Gasteiger partial charge < -0.3 is 24.9 Å². The Kier molecular flexibility index (Phi) is 6.59. The predicted molar refractivity (Wildman–Crippen MR) is 106 cm³/mol. The van der Waals surface area contributed by atoms with Crippen LogP contribution in [0.4, 0.5) is 11.5 Å². The fourth-order valence-corrected chi connectivity index (χ4v) is 4.15. The normalized spacial score (nSPS) is 15.9. The maximum absolute atomic E-state index is 12.6. The monoisotopic (exact) mass is 436 g/mol. The lowest BCUT2D eigenvalue weighted by atomic mass is 10.3. The van der Waals surface area contributed by atoms with E-state index in [4.69, 9.17) is 9.47 Å². The molecule has 1 aliphatic rings. The summed E-state index contributed by atoms with van der Waals surface area (Å²) in [5.74, 6) is -1.18. The van der Waals surface area contributed by atoms with Crippen molar-refractivity contribution in [1.29, 1.82) is 0 Å². The summed E-state index contributed by atoms with van der Waals surface area (Å²) in [5, 5.41) is 13.6. The van der Waals surface area contributed by atoms with Gasteiger partial charge in [-0.05, 0) is 53.2 Å². The van der Waals surface area contributed by atoms with Crippen LogP contribution in [0.25, 0.3) is 0 Å². The van der Waals surface area contributed by atoms with Crippen molar-refractivity contribution in [3.8, 4) is 5.75 Å². The van der Waals surface area contributed by atoms with E-state index in [0.717, 1.165) is 0 Å². The second-order valence-corrected chi connectivity index (χ2v) is 8.31. The van der Waals surface area contributed by atoms with E-state index < -0.39 is 32.8 Å². The highest BCUT2D eigenvalue weighted by Crippen LogP contribution is 2.24. The molecule has 1 fully saturated rings. The second-order valence-electron chi connectivity index (χ2n) is 6.37. The zero-order chi connectivity index (χ0) is 21.7. The zero-order valence-corrected chi connectivity index (χ0v) is 16.9. The van der Waals surface area contributed by atoms with Crippen LogP contribution in [0.2, 0.25) is 0 Å². The number of sulfonamides is 1. The maximum atomic E-state index is 12.6. The molecule has 1 atom stereocenters. The lowest BCUT2D eigenvalue weighted by Gasteiger charge is -2.26. The first-order valence-electron chi connectivity index (χ1n) is 9.04. The number of hydrogen-bond acceptors (Lipinski definition) is 8. The number of benzene rings is 1. The standard InChI is InChI=1S/C18H20N4O7S/c1-13(29-16-3-2-8-19-17(16)22(24)25)18(23)20-14-4-6-15(7-5-14)30(26,27)21-9-11-28-12-10-21/h2-8,13H,9-12H2,1H3,(H,20,23). The number of nitrogens with zero attached hydrogens (tertiary/aromatic N) is 3. The van der Waals surface area contributed by atoms with E-state index in [0.29, 0.717) is 18.9 Å². The minimum absolute atomic E-state index is 0.109. The number of rotatable bonds is 7. The molecule has 3 rings (SSSR count). The van der Waals surface area contributed by atoms with Crippen LogP contribution in [0.3, 0.4) is 0 Å². The van der Waals surface area contributed by atoms with Gasteiger partial charge in [0.15, 0.2) is 6.10 Å². The van der Waals surface area contributed by atoms with Crippen molar-refractivity contribution in [2.75, 3.05) is 31.6 Å². The number of anilines is 1. The number of nitro groups is 1. The minimum atomic E-state index is -3.63. The first kappa shape index (κ1) is 21.6. The molecule has 0 radical (unpaired) electrons. The van der Waals surface area contributed by atoms with E-state index in [1.54, 1.807) is 0 Å². The third kappa shape index (κ3) is 4.90. The lowest BCUT2D eigenvalue weighted by Crippen LogP contribution is -2.40. The Bertz CT molecular complexity index is 1020. The van der Waals surface area contributed by atoms with E-state index in [9.17, 15) is 23.3 Å². The number of morpholine rings is 1. The van der Waals surface area contributed by atoms with Crippen molar-refractivity contribution in [2.45, 2.75) is 17.9 Å². The molecule has 1 aliphatic heterocycles. The minimum Gasteiger partial charge on any atom is -0.473 e. The van der Waals surface area contributed by atoms with Gasteiger partial charge in [0.25, 0.3) is 5.91 Å². The Labute approximate surface area is 172 Å². The van der Waals surface area contributed by atoms with Gasteiger partial charge in [0.05, 0.1) is 18.1 Å². The molecule has 1 aromatic heterocycles. The summed E-state index contributed by atoms with van der Waals surface area (Å²) in [7, 11) is -3.63. The van der Waals surface area contributed by atoms with Crippen molar-refractivity contribution < 1.29 is 27.6 Å². The molecular weight excluding hydrogens is 416 g/mol. The van der Waals surface area contributed by atoms with E-state index in [2.05, 4.69) is 10.3 Å². The Morgan fingerprint density at radius 2 is 1.93 bits per heavy atom. The third-order valence-corrected chi connectivity index (χ3v) is 6.24. The quantitative estimate of drug-likeness (QED) is 0.507. The van der Waals surface area contributed by atoms with Crippen LogP contribution in [0.15, 0.2) is 47.5 Å². The van der Waals surface area contributed by atoms with Crippen molar-refractivity contribution in [3.63, 3.8) is 0 Å². The topological polar surface area (TPSA) is 141 Å². The molecule has 0 saturated carbocycles. The molecule has 160 valence electrons. The first-order chi connectivity index (χ1) is 14.3. The van der Waals surface area contributed by atoms with Gasteiger partial charge in [-0.15, -0.1) is 0 Å². The van der Waals surface area contributed by atoms with Crippen molar-refractivity contribution in [2.24, 2.45) is 0 Å². The number of aromatic nitrogens is 1. The number of carbonyl (C=O) groups is 1. The molecule has 11 nitrogen and oxygen atoms in total. The molecule has 2 heterocycles. The third-order valence-electron chi connectivity index (χ3n) is 4.33. The van der Waals surface area contributed by atoms with E-state index in [-0.39, 0.29) is 23.7 Å². The van der Waals surface area contributed by atoms with Gasteiger partial charge in [-0.3, -0.25) is 4.79 Å². The number of hydrogen-bond donors (Lipinski definition) is 1. The second kappa shape index (κ2) is 9.15. The molecule has 1 amide bonds. The number of nitrogens with one attached hydrogen (secondary N) is 1. The van der Waals surface area contributed by atoms with Crippen LogP contribution < -0.4 is 10.1 Å². The summed E-state index contributed by atoms with van der Waals surface area (Å²) >= 11 is 0. The largest absolute Gasteiger partial charge is 0.473 e. The summed E-state index contributed by atoms with van der Waals surface area (Å²) in [6, 6.07) is 8.53. The van der Waals surface area contributed by atoms with Gasteiger partial charge in [-0.25, -0.2) is 8.42 Å².